The molecular formula is C42H58N6O11S. The molecule has 3 aliphatic heterocycles. The number of fused-ring (bicyclic) bond motifs is 3. The van der Waals surface area contributed by atoms with Gasteiger partial charge in [-0.2, -0.15) is 0 Å². The van der Waals surface area contributed by atoms with Crippen molar-refractivity contribution in [2.75, 3.05) is 19.8 Å². The summed E-state index contributed by atoms with van der Waals surface area (Å²) < 4.78 is 45.3. The SMILES string of the molecule is C=CC1CC1(NC(=O)C1CC2CN1C(=O)C(C1CCCCC1)NC(=O)C(NC(=O)OC(C)(C)C)COCCCc1cccc3c1CN(C3)C(=O)O2)C(=O)NS(=O)(=O)C1CC1. The molecule has 7 rings (SSSR count). The van der Waals surface area contributed by atoms with Gasteiger partial charge in [0.1, 0.15) is 35.4 Å². The number of amides is 6. The second kappa shape index (κ2) is 17.3. The number of nitrogens with one attached hydrogen (secondary N) is 4. The van der Waals surface area contributed by atoms with Gasteiger partial charge in [-0.25, -0.2) is 18.0 Å². The first-order valence-electron chi connectivity index (χ1n) is 21.2. The average Bonchev–Trinajstić information content (AvgIpc) is 4.09. The molecule has 1 aromatic rings. The fourth-order valence-electron chi connectivity index (χ4n) is 8.95. The van der Waals surface area contributed by atoms with Crippen LogP contribution in [0.2, 0.25) is 0 Å². The van der Waals surface area contributed by atoms with Gasteiger partial charge in [-0.1, -0.05) is 43.5 Å². The van der Waals surface area contributed by atoms with Crippen LogP contribution in [0.4, 0.5) is 9.59 Å². The number of sulfonamides is 1. The van der Waals surface area contributed by atoms with Gasteiger partial charge in [0.25, 0.3) is 5.91 Å². The third-order valence-corrected chi connectivity index (χ3v) is 14.2. The Morgan fingerprint density at radius 3 is 2.43 bits per heavy atom. The highest BCUT2D eigenvalue weighted by molar-refractivity contribution is 7.91. The lowest BCUT2D eigenvalue weighted by Crippen LogP contribution is -2.61. The highest BCUT2D eigenvalue weighted by Gasteiger charge is 2.62. The molecule has 6 atom stereocenters. The minimum atomic E-state index is -3.95. The molecule has 17 nitrogen and oxygen atoms in total. The maximum absolute atomic E-state index is 15.0. The van der Waals surface area contributed by atoms with Crippen molar-refractivity contribution >= 4 is 45.8 Å². The number of carbonyl (C=O) groups is 6. The van der Waals surface area contributed by atoms with Crippen LogP contribution in [0.15, 0.2) is 30.9 Å². The molecule has 328 valence electrons. The van der Waals surface area contributed by atoms with Crippen molar-refractivity contribution in [1.29, 1.82) is 0 Å². The van der Waals surface area contributed by atoms with Gasteiger partial charge in [-0.05, 0) is 88.3 Å². The summed E-state index contributed by atoms with van der Waals surface area (Å²) in [6.45, 7) is 9.36. The zero-order valence-corrected chi connectivity index (χ0v) is 35.5. The number of alkyl carbamates (subject to hydrolysis) is 1. The van der Waals surface area contributed by atoms with Crippen LogP contribution in [0, 0.1) is 11.8 Å². The lowest BCUT2D eigenvalue weighted by atomic mass is 9.83. The molecular weight excluding hydrogens is 797 g/mol. The van der Waals surface area contributed by atoms with Crippen molar-refractivity contribution in [1.82, 2.24) is 30.5 Å². The third-order valence-electron chi connectivity index (χ3n) is 12.4. The number of hydrogen-bond donors (Lipinski definition) is 4. The normalized spacial score (nSPS) is 29.2. The summed E-state index contributed by atoms with van der Waals surface area (Å²) in [6.07, 6.45) is 4.94. The van der Waals surface area contributed by atoms with E-state index in [2.05, 4.69) is 27.3 Å². The van der Waals surface area contributed by atoms with E-state index < -0.39 is 92.4 Å². The maximum Gasteiger partial charge on any atom is 0.410 e. The largest absolute Gasteiger partial charge is 0.444 e. The number of ether oxygens (including phenoxy) is 3. The molecule has 3 aliphatic carbocycles. The van der Waals surface area contributed by atoms with Crippen LogP contribution in [-0.4, -0.2) is 114 Å². The number of rotatable bonds is 8. The van der Waals surface area contributed by atoms with Gasteiger partial charge < -0.3 is 35.1 Å². The van der Waals surface area contributed by atoms with Gasteiger partial charge in [0, 0.05) is 32.0 Å². The number of benzene rings is 1. The molecule has 0 spiro atoms. The van der Waals surface area contributed by atoms with E-state index in [0.717, 1.165) is 36.0 Å². The Kier molecular flexibility index (Phi) is 12.5. The summed E-state index contributed by atoms with van der Waals surface area (Å²) >= 11 is 0. The lowest BCUT2D eigenvalue weighted by molar-refractivity contribution is -0.144. The second-order valence-corrected chi connectivity index (χ2v) is 20.1. The van der Waals surface area contributed by atoms with Crippen molar-refractivity contribution in [2.45, 2.75) is 145 Å². The Bertz CT molecular complexity index is 1990. The molecule has 4 N–H and O–H groups in total. The zero-order chi connectivity index (χ0) is 43.0. The van der Waals surface area contributed by atoms with Crippen LogP contribution >= 0.6 is 0 Å². The van der Waals surface area contributed by atoms with Crippen LogP contribution < -0.4 is 20.7 Å². The topological polar surface area (TPSA) is 219 Å². The van der Waals surface area contributed by atoms with Gasteiger partial charge in [-0.3, -0.25) is 28.8 Å². The zero-order valence-electron chi connectivity index (χ0n) is 34.7. The molecule has 4 fully saturated rings. The van der Waals surface area contributed by atoms with Crippen molar-refractivity contribution in [3.8, 4) is 0 Å². The van der Waals surface area contributed by atoms with Crippen molar-refractivity contribution in [3.63, 3.8) is 0 Å². The minimum absolute atomic E-state index is 0.0969. The smallest absolute Gasteiger partial charge is 0.410 e. The standard InChI is InChI=1S/C42H58N6O11S/c1-5-28-20-42(28,38(52)46-60(55,56)30-16-17-30)45-36(50)33-19-29-22-48(33)37(51)34(26-11-7-6-8-12-26)44-35(49)32(43-39(53)59-41(2,3)4)24-57-18-10-15-25-13-9-14-27-21-47(23-31(25)27)40(54)58-29/h5,9,13-14,26,28-30,32-34H,1,6-8,10-12,15-24H2,2-4H3,(H,43,53)(H,44,49)(H,45,50)(H,46,52). The van der Waals surface area contributed by atoms with E-state index in [-0.39, 0.29) is 38.5 Å². The van der Waals surface area contributed by atoms with Crippen LogP contribution in [0.25, 0.3) is 0 Å². The Morgan fingerprint density at radius 2 is 1.75 bits per heavy atom. The van der Waals surface area contributed by atoms with Gasteiger partial charge in [0.2, 0.25) is 27.7 Å². The highest BCUT2D eigenvalue weighted by Crippen LogP contribution is 2.45. The molecule has 60 heavy (non-hydrogen) atoms. The first-order chi connectivity index (χ1) is 28.5. The van der Waals surface area contributed by atoms with Gasteiger partial charge >= 0.3 is 12.2 Å². The molecule has 6 aliphatic rings. The maximum atomic E-state index is 15.0. The monoisotopic (exact) mass is 854 g/mol. The van der Waals surface area contributed by atoms with Crippen LogP contribution in [0.5, 0.6) is 0 Å². The van der Waals surface area contributed by atoms with Crippen molar-refractivity contribution in [3.05, 3.63) is 47.5 Å². The first kappa shape index (κ1) is 43.4. The number of nitrogens with zero attached hydrogens (tertiary/aromatic N) is 2. The van der Waals surface area contributed by atoms with Crippen molar-refractivity contribution in [2.24, 2.45) is 11.8 Å². The summed E-state index contributed by atoms with van der Waals surface area (Å²) in [5.41, 5.74) is 0.536. The summed E-state index contributed by atoms with van der Waals surface area (Å²) in [5.74, 6) is -3.79. The molecule has 1 saturated heterocycles. The van der Waals surface area contributed by atoms with Crippen molar-refractivity contribution < 1.29 is 51.4 Å². The van der Waals surface area contributed by atoms with Crippen LogP contribution in [0.3, 0.4) is 0 Å². The van der Waals surface area contributed by atoms with E-state index in [9.17, 15) is 37.2 Å². The van der Waals surface area contributed by atoms with E-state index in [1.54, 1.807) is 25.7 Å². The molecule has 0 aromatic heterocycles. The quantitative estimate of drug-likeness (QED) is 0.279. The Morgan fingerprint density at radius 1 is 1.02 bits per heavy atom. The predicted molar refractivity (Wildman–Crippen MR) is 216 cm³/mol. The second-order valence-electron chi connectivity index (χ2n) is 18.1. The molecule has 1 aromatic carbocycles. The Balaban J connectivity index is 1.20. The van der Waals surface area contributed by atoms with Gasteiger partial charge in [-0.15, -0.1) is 6.58 Å². The van der Waals surface area contributed by atoms with Gasteiger partial charge in [0.05, 0.1) is 18.4 Å². The number of carbonyl (C=O) groups excluding carboxylic acids is 6. The van der Waals surface area contributed by atoms with E-state index in [1.165, 1.54) is 11.0 Å². The van der Waals surface area contributed by atoms with Gasteiger partial charge in [0.15, 0.2) is 0 Å². The third kappa shape index (κ3) is 9.74. The summed E-state index contributed by atoms with van der Waals surface area (Å²) in [5, 5.41) is 7.64. The minimum Gasteiger partial charge on any atom is -0.444 e. The van der Waals surface area contributed by atoms with Crippen LogP contribution in [0.1, 0.15) is 102 Å². The summed E-state index contributed by atoms with van der Waals surface area (Å²) in [6, 6.07) is 2.24. The summed E-state index contributed by atoms with van der Waals surface area (Å²) in [4.78, 5) is 87.0. The molecule has 4 bridgehead atoms. The predicted octanol–water partition coefficient (Wildman–Crippen LogP) is 2.70. The molecule has 0 radical (unpaired) electrons. The fraction of sp³-hybridized carbons (Fsp3) is 0.667. The fourth-order valence-corrected chi connectivity index (χ4v) is 10.3. The van der Waals surface area contributed by atoms with E-state index >= 15 is 0 Å². The first-order valence-corrected chi connectivity index (χ1v) is 22.8. The van der Waals surface area contributed by atoms with E-state index in [0.29, 0.717) is 51.6 Å². The molecule has 6 amide bonds. The number of hydrogen-bond acceptors (Lipinski definition) is 11. The lowest BCUT2D eigenvalue weighted by Gasteiger charge is -2.35. The molecule has 3 saturated carbocycles. The Hall–Kier alpha value is -4.71. The summed E-state index contributed by atoms with van der Waals surface area (Å²) in [7, 11) is -3.95. The highest BCUT2D eigenvalue weighted by atomic mass is 32.2. The number of aryl methyl sites for hydroxylation is 1. The Labute approximate surface area is 351 Å². The van der Waals surface area contributed by atoms with E-state index in [1.807, 2.05) is 18.2 Å². The van der Waals surface area contributed by atoms with E-state index in [4.69, 9.17) is 14.2 Å². The molecule has 3 heterocycles. The molecule has 6 unspecified atom stereocenters. The van der Waals surface area contributed by atoms with Crippen LogP contribution in [-0.2, 0) is 62.9 Å². The average molecular weight is 855 g/mol. The molecule has 18 heteroatoms.